The second-order valence-electron chi connectivity index (χ2n) is 3.40. The highest BCUT2D eigenvalue weighted by molar-refractivity contribution is 4.93. The Morgan fingerprint density at radius 3 is 2.58 bits per heavy atom. The number of methoxy groups -OCH3 is 1. The van der Waals surface area contributed by atoms with E-state index in [4.69, 9.17) is 4.74 Å². The summed E-state index contributed by atoms with van der Waals surface area (Å²) in [6.45, 7) is 6.47. The van der Waals surface area contributed by atoms with Crippen LogP contribution in [0.4, 0.5) is 0 Å². The van der Waals surface area contributed by atoms with E-state index in [9.17, 15) is 0 Å². The van der Waals surface area contributed by atoms with Gasteiger partial charge >= 0.3 is 0 Å². The van der Waals surface area contributed by atoms with Gasteiger partial charge in [-0.2, -0.15) is 0 Å². The van der Waals surface area contributed by atoms with Crippen molar-refractivity contribution in [1.82, 2.24) is 0 Å². The number of hydrogen-bond donors (Lipinski definition) is 0. The van der Waals surface area contributed by atoms with Crippen molar-refractivity contribution in [2.45, 2.75) is 33.6 Å². The van der Waals surface area contributed by atoms with Crippen molar-refractivity contribution in [3.63, 3.8) is 0 Å². The molecule has 0 aliphatic rings. The highest BCUT2D eigenvalue weighted by atomic mass is 16.5. The average Bonchev–Trinajstić information content (AvgIpc) is 2.00. The zero-order chi connectivity index (χ0) is 9.40. The summed E-state index contributed by atoms with van der Waals surface area (Å²) in [6.07, 6.45) is 8.49. The van der Waals surface area contributed by atoms with Crippen LogP contribution in [0.5, 0.6) is 0 Å². The summed E-state index contributed by atoms with van der Waals surface area (Å²) >= 11 is 0. The van der Waals surface area contributed by atoms with Crippen LogP contribution in [0.2, 0.25) is 0 Å². The zero-order valence-corrected chi connectivity index (χ0v) is 8.63. The largest absolute Gasteiger partial charge is 0.505 e. The monoisotopic (exact) mass is 168 g/mol. The molecule has 12 heavy (non-hydrogen) atoms. The number of hydrogen-bond acceptors (Lipinski definition) is 1. The minimum absolute atomic E-state index is 0.612. The first-order valence-electron chi connectivity index (χ1n) is 4.49. The van der Waals surface area contributed by atoms with Gasteiger partial charge in [0.15, 0.2) is 0 Å². The molecule has 0 amide bonds. The van der Waals surface area contributed by atoms with Crippen LogP contribution >= 0.6 is 0 Å². The molecule has 0 fully saturated rings. The summed E-state index contributed by atoms with van der Waals surface area (Å²) in [5, 5.41) is 0. The van der Waals surface area contributed by atoms with E-state index in [2.05, 4.69) is 32.9 Å². The molecule has 0 spiro atoms. The van der Waals surface area contributed by atoms with Gasteiger partial charge in [-0.1, -0.05) is 18.6 Å². The summed E-state index contributed by atoms with van der Waals surface area (Å²) in [5.41, 5.74) is 1.40. The van der Waals surface area contributed by atoms with Gasteiger partial charge in [0.1, 0.15) is 0 Å². The maximum absolute atomic E-state index is 4.84. The molecule has 1 atom stereocenters. The SMILES string of the molecule is CO/C=C/[C@H](C)CCC=C(C)C. The number of rotatable bonds is 5. The predicted molar refractivity (Wildman–Crippen MR) is 54.0 cm³/mol. The molecule has 0 bridgehead atoms. The Labute approximate surface area is 76.1 Å². The van der Waals surface area contributed by atoms with E-state index in [1.54, 1.807) is 13.4 Å². The van der Waals surface area contributed by atoms with Crippen LogP contribution in [0.15, 0.2) is 24.0 Å². The fraction of sp³-hybridized carbons (Fsp3) is 0.636. The van der Waals surface area contributed by atoms with Crippen LogP contribution in [0.25, 0.3) is 0 Å². The maximum atomic E-state index is 4.84. The highest BCUT2D eigenvalue weighted by Gasteiger charge is 1.94. The second-order valence-corrected chi connectivity index (χ2v) is 3.40. The lowest BCUT2D eigenvalue weighted by Gasteiger charge is -2.02. The van der Waals surface area contributed by atoms with Gasteiger partial charge < -0.3 is 4.74 Å². The molecule has 0 aromatic rings. The van der Waals surface area contributed by atoms with Gasteiger partial charge in [-0.3, -0.25) is 0 Å². The topological polar surface area (TPSA) is 9.23 Å². The average molecular weight is 168 g/mol. The number of ether oxygens (including phenoxy) is 1. The normalized spacial score (nSPS) is 13.0. The Bertz CT molecular complexity index is 152. The fourth-order valence-electron chi connectivity index (χ4n) is 0.944. The van der Waals surface area contributed by atoms with E-state index in [1.165, 1.54) is 12.0 Å². The van der Waals surface area contributed by atoms with Crippen LogP contribution in [-0.4, -0.2) is 7.11 Å². The minimum atomic E-state index is 0.612. The maximum Gasteiger partial charge on any atom is 0.0787 e. The Kier molecular flexibility index (Phi) is 6.54. The van der Waals surface area contributed by atoms with E-state index in [0.717, 1.165) is 6.42 Å². The van der Waals surface area contributed by atoms with E-state index < -0.39 is 0 Å². The summed E-state index contributed by atoms with van der Waals surface area (Å²) < 4.78 is 4.84. The third kappa shape index (κ3) is 7.39. The first-order valence-corrected chi connectivity index (χ1v) is 4.49. The molecule has 0 N–H and O–H groups in total. The van der Waals surface area contributed by atoms with E-state index in [0.29, 0.717) is 5.92 Å². The summed E-state index contributed by atoms with van der Waals surface area (Å²) in [4.78, 5) is 0. The van der Waals surface area contributed by atoms with Crippen LogP contribution in [0.1, 0.15) is 33.6 Å². The van der Waals surface area contributed by atoms with Crippen molar-refractivity contribution in [3.05, 3.63) is 24.0 Å². The Morgan fingerprint density at radius 1 is 1.42 bits per heavy atom. The molecule has 0 saturated carbocycles. The lowest BCUT2D eigenvalue weighted by Crippen LogP contribution is -1.88. The molecular formula is C11H20O. The van der Waals surface area contributed by atoms with Crippen LogP contribution in [-0.2, 0) is 4.74 Å². The van der Waals surface area contributed by atoms with Gasteiger partial charge in [0.05, 0.1) is 13.4 Å². The zero-order valence-electron chi connectivity index (χ0n) is 8.63. The van der Waals surface area contributed by atoms with Gasteiger partial charge in [-0.05, 0) is 38.7 Å². The highest BCUT2D eigenvalue weighted by Crippen LogP contribution is 2.08. The van der Waals surface area contributed by atoms with Gasteiger partial charge in [-0.25, -0.2) is 0 Å². The lowest BCUT2D eigenvalue weighted by molar-refractivity contribution is 0.333. The molecule has 70 valence electrons. The van der Waals surface area contributed by atoms with Crippen molar-refractivity contribution in [2.24, 2.45) is 5.92 Å². The molecule has 0 aromatic heterocycles. The van der Waals surface area contributed by atoms with Crippen LogP contribution < -0.4 is 0 Å². The summed E-state index contributed by atoms with van der Waals surface area (Å²) in [7, 11) is 1.68. The van der Waals surface area contributed by atoms with Crippen molar-refractivity contribution >= 4 is 0 Å². The third-order valence-electron chi connectivity index (χ3n) is 1.72. The molecule has 0 aromatic carbocycles. The van der Waals surface area contributed by atoms with Gasteiger partial charge in [-0.15, -0.1) is 0 Å². The third-order valence-corrected chi connectivity index (χ3v) is 1.72. The quantitative estimate of drug-likeness (QED) is 0.451. The Balaban J connectivity index is 3.50. The van der Waals surface area contributed by atoms with Gasteiger partial charge in [0.2, 0.25) is 0 Å². The molecule has 0 rings (SSSR count). The van der Waals surface area contributed by atoms with Gasteiger partial charge in [0, 0.05) is 0 Å². The van der Waals surface area contributed by atoms with Crippen molar-refractivity contribution in [1.29, 1.82) is 0 Å². The van der Waals surface area contributed by atoms with Crippen molar-refractivity contribution in [2.75, 3.05) is 7.11 Å². The van der Waals surface area contributed by atoms with Crippen molar-refractivity contribution in [3.8, 4) is 0 Å². The van der Waals surface area contributed by atoms with Gasteiger partial charge in [0.25, 0.3) is 0 Å². The first kappa shape index (κ1) is 11.3. The first-order chi connectivity index (χ1) is 5.66. The minimum Gasteiger partial charge on any atom is -0.505 e. The molecule has 0 saturated heterocycles. The smallest absolute Gasteiger partial charge is 0.0787 e. The molecule has 0 unspecified atom stereocenters. The molecule has 1 nitrogen and oxygen atoms in total. The molecule has 1 heteroatoms. The molecule has 0 radical (unpaired) electrons. The summed E-state index contributed by atoms with van der Waals surface area (Å²) in [6, 6.07) is 0. The molecule has 0 aliphatic heterocycles. The lowest BCUT2D eigenvalue weighted by atomic mass is 10.1. The second kappa shape index (κ2) is 6.96. The number of allylic oxidation sites excluding steroid dienone is 3. The van der Waals surface area contributed by atoms with Crippen LogP contribution in [0.3, 0.4) is 0 Å². The van der Waals surface area contributed by atoms with Crippen LogP contribution in [0, 0.1) is 5.92 Å². The van der Waals surface area contributed by atoms with E-state index in [-0.39, 0.29) is 0 Å². The molecular weight excluding hydrogens is 148 g/mol. The van der Waals surface area contributed by atoms with E-state index in [1.807, 2.05) is 0 Å². The van der Waals surface area contributed by atoms with Crippen molar-refractivity contribution < 1.29 is 4.74 Å². The Morgan fingerprint density at radius 2 is 2.08 bits per heavy atom. The molecule has 0 aliphatic carbocycles. The Hall–Kier alpha value is -0.720. The predicted octanol–water partition coefficient (Wildman–Crippen LogP) is 3.53. The fourth-order valence-corrected chi connectivity index (χ4v) is 0.944. The summed E-state index contributed by atoms with van der Waals surface area (Å²) in [5.74, 6) is 0.612. The molecule has 0 heterocycles. The standard InChI is InChI=1S/C11H20O/c1-10(2)6-5-7-11(3)8-9-12-4/h6,8-9,11H,5,7H2,1-4H3/b9-8+/t11-/m1/s1. The van der Waals surface area contributed by atoms with E-state index >= 15 is 0 Å².